The number of fused-ring (bicyclic) bond motifs is 1. The topological polar surface area (TPSA) is 90.6 Å². The minimum atomic E-state index is -0.294. The fourth-order valence-corrected chi connectivity index (χ4v) is 3.35. The van der Waals surface area contributed by atoms with E-state index in [4.69, 9.17) is 9.47 Å². The molecule has 0 unspecified atom stereocenters. The first-order valence-corrected chi connectivity index (χ1v) is 9.30. The third-order valence-electron chi connectivity index (χ3n) is 3.94. The number of ether oxygens (including phenoxy) is 2. The zero-order valence-corrected chi connectivity index (χ0v) is 16.1. The highest BCUT2D eigenvalue weighted by molar-refractivity contribution is 7.20. The number of benzene rings is 2. The van der Waals surface area contributed by atoms with Crippen molar-refractivity contribution in [3.8, 4) is 22.9 Å². The molecule has 2 aromatic heterocycles. The molecule has 0 aliphatic rings. The largest absolute Gasteiger partial charge is 0.497 e. The van der Waals surface area contributed by atoms with Crippen molar-refractivity contribution in [2.24, 2.45) is 0 Å². The molecule has 0 aliphatic heterocycles. The number of rotatable bonds is 6. The summed E-state index contributed by atoms with van der Waals surface area (Å²) in [5.41, 5.74) is 1.91. The SMILES string of the molecule is COc1ccc(-c2nnc3sc(NC(=O)COc4cccc(C)c4)nn23)cc1. The van der Waals surface area contributed by atoms with Crippen molar-refractivity contribution in [3.63, 3.8) is 0 Å². The molecule has 4 rings (SSSR count). The molecule has 0 atom stereocenters. The highest BCUT2D eigenvalue weighted by atomic mass is 32.1. The second-order valence-electron chi connectivity index (χ2n) is 6.01. The van der Waals surface area contributed by atoms with Crippen molar-refractivity contribution in [2.45, 2.75) is 6.92 Å². The molecule has 0 aliphatic carbocycles. The van der Waals surface area contributed by atoms with Crippen molar-refractivity contribution >= 4 is 27.3 Å². The number of anilines is 1. The van der Waals surface area contributed by atoms with Crippen LogP contribution in [0.3, 0.4) is 0 Å². The van der Waals surface area contributed by atoms with Crippen molar-refractivity contribution in [1.29, 1.82) is 0 Å². The smallest absolute Gasteiger partial charge is 0.264 e. The normalized spacial score (nSPS) is 10.8. The van der Waals surface area contributed by atoms with Crippen LogP contribution in [-0.2, 0) is 4.79 Å². The van der Waals surface area contributed by atoms with E-state index in [-0.39, 0.29) is 12.5 Å². The van der Waals surface area contributed by atoms with E-state index in [2.05, 4.69) is 20.6 Å². The van der Waals surface area contributed by atoms with Gasteiger partial charge >= 0.3 is 0 Å². The first-order valence-electron chi connectivity index (χ1n) is 8.48. The number of aromatic nitrogens is 4. The van der Waals surface area contributed by atoms with Gasteiger partial charge in [0.15, 0.2) is 12.4 Å². The third kappa shape index (κ3) is 3.79. The molecular weight excluding hydrogens is 378 g/mol. The summed E-state index contributed by atoms with van der Waals surface area (Å²) in [5, 5.41) is 15.8. The number of amides is 1. The predicted molar refractivity (Wildman–Crippen MR) is 106 cm³/mol. The Labute approximate surface area is 164 Å². The maximum Gasteiger partial charge on any atom is 0.264 e. The lowest BCUT2D eigenvalue weighted by Crippen LogP contribution is -2.20. The Hall–Kier alpha value is -3.46. The van der Waals surface area contributed by atoms with Gasteiger partial charge in [0.1, 0.15) is 11.5 Å². The number of methoxy groups -OCH3 is 1. The summed E-state index contributed by atoms with van der Waals surface area (Å²) < 4.78 is 12.3. The van der Waals surface area contributed by atoms with E-state index < -0.39 is 0 Å². The zero-order chi connectivity index (χ0) is 19.5. The van der Waals surface area contributed by atoms with E-state index in [9.17, 15) is 4.79 Å². The molecular formula is C19H17N5O3S. The number of carbonyl (C=O) groups excluding carboxylic acids is 1. The number of nitrogens with one attached hydrogen (secondary N) is 1. The molecule has 142 valence electrons. The minimum Gasteiger partial charge on any atom is -0.497 e. The van der Waals surface area contributed by atoms with Crippen LogP contribution >= 0.6 is 11.3 Å². The molecule has 2 heterocycles. The third-order valence-corrected chi connectivity index (χ3v) is 4.76. The van der Waals surface area contributed by atoms with E-state index in [0.29, 0.717) is 21.7 Å². The lowest BCUT2D eigenvalue weighted by atomic mass is 10.2. The van der Waals surface area contributed by atoms with Gasteiger partial charge in [-0.3, -0.25) is 10.1 Å². The van der Waals surface area contributed by atoms with Crippen LogP contribution in [0.4, 0.5) is 5.13 Å². The van der Waals surface area contributed by atoms with Crippen LogP contribution in [0, 0.1) is 6.92 Å². The van der Waals surface area contributed by atoms with Gasteiger partial charge in [0.05, 0.1) is 7.11 Å². The first kappa shape index (κ1) is 17.9. The molecule has 1 amide bonds. The average Bonchev–Trinajstić information content (AvgIpc) is 3.27. The minimum absolute atomic E-state index is 0.102. The predicted octanol–water partition coefficient (Wildman–Crippen LogP) is 3.19. The number of hydrogen-bond acceptors (Lipinski definition) is 7. The molecule has 0 saturated heterocycles. The fraction of sp³-hybridized carbons (Fsp3) is 0.158. The number of nitrogens with zero attached hydrogens (tertiary/aromatic N) is 4. The highest BCUT2D eigenvalue weighted by Gasteiger charge is 2.15. The van der Waals surface area contributed by atoms with Gasteiger partial charge in [-0.05, 0) is 48.9 Å². The highest BCUT2D eigenvalue weighted by Crippen LogP contribution is 2.25. The number of hydrogen-bond donors (Lipinski definition) is 1. The standard InChI is InChI=1S/C19H17N5O3S/c1-12-4-3-5-15(10-12)27-11-16(25)20-18-23-24-17(21-22-19(24)28-18)13-6-8-14(26-2)9-7-13/h3-10H,11H2,1-2H3,(H,20,23,25). The maximum atomic E-state index is 12.2. The van der Waals surface area contributed by atoms with Crippen LogP contribution in [0.2, 0.25) is 0 Å². The van der Waals surface area contributed by atoms with Gasteiger partial charge in [-0.15, -0.1) is 15.3 Å². The van der Waals surface area contributed by atoms with Crippen LogP contribution in [-0.4, -0.2) is 39.4 Å². The summed E-state index contributed by atoms with van der Waals surface area (Å²) in [5.74, 6) is 1.70. The molecule has 8 nitrogen and oxygen atoms in total. The Balaban J connectivity index is 1.46. The van der Waals surface area contributed by atoms with Crippen molar-refractivity contribution < 1.29 is 14.3 Å². The van der Waals surface area contributed by atoms with Gasteiger partial charge in [0, 0.05) is 5.56 Å². The molecule has 1 N–H and O–H groups in total. The number of carbonyl (C=O) groups is 1. The monoisotopic (exact) mass is 395 g/mol. The molecule has 28 heavy (non-hydrogen) atoms. The first-order chi connectivity index (χ1) is 13.6. The Morgan fingerprint density at radius 2 is 1.96 bits per heavy atom. The van der Waals surface area contributed by atoms with Gasteiger partial charge < -0.3 is 9.47 Å². The summed E-state index contributed by atoms with van der Waals surface area (Å²) >= 11 is 1.24. The van der Waals surface area contributed by atoms with Gasteiger partial charge in [-0.2, -0.15) is 4.52 Å². The molecule has 0 spiro atoms. The van der Waals surface area contributed by atoms with E-state index in [1.54, 1.807) is 11.6 Å². The van der Waals surface area contributed by atoms with Gasteiger partial charge in [-0.1, -0.05) is 23.5 Å². The molecule has 0 radical (unpaired) electrons. The van der Waals surface area contributed by atoms with Crippen LogP contribution in [0.15, 0.2) is 48.5 Å². The second kappa shape index (κ2) is 7.65. The zero-order valence-electron chi connectivity index (χ0n) is 15.2. The van der Waals surface area contributed by atoms with Crippen LogP contribution < -0.4 is 14.8 Å². The Morgan fingerprint density at radius 1 is 1.14 bits per heavy atom. The summed E-state index contributed by atoms with van der Waals surface area (Å²) in [6.07, 6.45) is 0. The van der Waals surface area contributed by atoms with Crippen molar-refractivity contribution in [1.82, 2.24) is 19.8 Å². The quantitative estimate of drug-likeness (QED) is 0.539. The molecule has 0 saturated carbocycles. The molecule has 2 aromatic carbocycles. The van der Waals surface area contributed by atoms with Crippen molar-refractivity contribution in [2.75, 3.05) is 19.0 Å². The van der Waals surface area contributed by atoms with Crippen LogP contribution in [0.25, 0.3) is 16.3 Å². The van der Waals surface area contributed by atoms with Gasteiger partial charge in [0.2, 0.25) is 10.1 Å². The fourth-order valence-electron chi connectivity index (χ4n) is 2.60. The second-order valence-corrected chi connectivity index (χ2v) is 6.96. The molecule has 9 heteroatoms. The van der Waals surface area contributed by atoms with Crippen LogP contribution in [0.1, 0.15) is 5.56 Å². The van der Waals surface area contributed by atoms with Gasteiger partial charge in [0.25, 0.3) is 5.91 Å². The van der Waals surface area contributed by atoms with E-state index in [1.165, 1.54) is 11.3 Å². The summed E-state index contributed by atoms with van der Waals surface area (Å²) in [6.45, 7) is 1.86. The van der Waals surface area contributed by atoms with Gasteiger partial charge in [-0.25, -0.2) is 0 Å². The van der Waals surface area contributed by atoms with E-state index in [0.717, 1.165) is 16.9 Å². The van der Waals surface area contributed by atoms with E-state index in [1.807, 2.05) is 55.5 Å². The lowest BCUT2D eigenvalue weighted by Gasteiger charge is -2.06. The maximum absolute atomic E-state index is 12.2. The summed E-state index contributed by atoms with van der Waals surface area (Å²) in [4.78, 5) is 12.8. The van der Waals surface area contributed by atoms with Crippen LogP contribution in [0.5, 0.6) is 11.5 Å². The Morgan fingerprint density at radius 3 is 2.71 bits per heavy atom. The summed E-state index contributed by atoms with van der Waals surface area (Å²) in [6, 6.07) is 15.0. The van der Waals surface area contributed by atoms with Crippen molar-refractivity contribution in [3.05, 3.63) is 54.1 Å². The molecule has 4 aromatic rings. The van der Waals surface area contributed by atoms with E-state index >= 15 is 0 Å². The number of aryl methyl sites for hydroxylation is 1. The lowest BCUT2D eigenvalue weighted by molar-refractivity contribution is -0.118. The molecule has 0 bridgehead atoms. The summed E-state index contributed by atoms with van der Waals surface area (Å²) in [7, 11) is 1.61. The Kier molecular flexibility index (Phi) is 4.90. The average molecular weight is 395 g/mol. The molecule has 0 fully saturated rings. The Bertz CT molecular complexity index is 1120.